The fourth-order valence-electron chi connectivity index (χ4n) is 0.635. The van der Waals surface area contributed by atoms with E-state index in [1.165, 1.54) is 0 Å². The van der Waals surface area contributed by atoms with Crippen LogP contribution in [0.3, 0.4) is 0 Å². The summed E-state index contributed by atoms with van der Waals surface area (Å²) in [6.45, 7) is 0. The van der Waals surface area contributed by atoms with Crippen LogP contribution in [0.5, 0.6) is 0 Å². The third-order valence-electron chi connectivity index (χ3n) is 1.20. The first-order chi connectivity index (χ1) is 4.52. The molecule has 0 saturated carbocycles. The molecule has 1 aliphatic carbocycles. The highest BCUT2D eigenvalue weighted by Gasteiger charge is 2.37. The highest BCUT2D eigenvalue weighted by molar-refractivity contribution is 5.26. The highest BCUT2D eigenvalue weighted by Crippen LogP contribution is 2.27. The van der Waals surface area contributed by atoms with E-state index >= 15 is 0 Å². The topological polar surface area (TPSA) is 26.0 Å². The van der Waals surface area contributed by atoms with Gasteiger partial charge in [0, 0.05) is 5.70 Å². The lowest BCUT2D eigenvalue weighted by Gasteiger charge is -2.17. The molecule has 0 aromatic carbocycles. The zero-order valence-corrected chi connectivity index (χ0v) is 5.02. The van der Waals surface area contributed by atoms with E-state index in [0.717, 1.165) is 6.08 Å². The van der Waals surface area contributed by atoms with Gasteiger partial charge in [-0.2, -0.15) is 8.78 Å². The molecule has 0 heterocycles. The number of halogens is 3. The molecule has 0 radical (unpaired) electrons. The van der Waals surface area contributed by atoms with Gasteiger partial charge in [0.25, 0.3) is 0 Å². The molecule has 0 amide bonds. The molecule has 0 fully saturated rings. The van der Waals surface area contributed by atoms with Crippen molar-refractivity contribution < 1.29 is 13.2 Å². The fraction of sp³-hybridized carbons (Fsp3) is 0.333. The van der Waals surface area contributed by atoms with Gasteiger partial charge in [0.1, 0.15) is 0 Å². The molecule has 0 aromatic rings. The van der Waals surface area contributed by atoms with Crippen molar-refractivity contribution in [2.75, 3.05) is 0 Å². The van der Waals surface area contributed by atoms with Crippen LogP contribution in [0.1, 0.15) is 0 Å². The van der Waals surface area contributed by atoms with E-state index in [2.05, 4.69) is 0 Å². The summed E-state index contributed by atoms with van der Waals surface area (Å²) in [7, 11) is 0. The molecule has 0 bridgehead atoms. The molecule has 0 saturated heterocycles. The summed E-state index contributed by atoms with van der Waals surface area (Å²) in [4.78, 5) is 0. The molecular weight excluding hydrogens is 143 g/mol. The molecule has 56 valence electrons. The summed E-state index contributed by atoms with van der Waals surface area (Å²) in [5, 5.41) is 0. The van der Waals surface area contributed by atoms with Crippen LogP contribution >= 0.6 is 0 Å². The third kappa shape index (κ3) is 1.15. The Bertz CT molecular complexity index is 195. The minimum absolute atomic E-state index is 0.0402. The first-order valence-electron chi connectivity index (χ1n) is 2.71. The Balaban J connectivity index is 2.84. The summed E-state index contributed by atoms with van der Waals surface area (Å²) in [6, 6.07) is 0. The first-order valence-corrected chi connectivity index (χ1v) is 2.71. The molecule has 1 atom stereocenters. The van der Waals surface area contributed by atoms with Crippen molar-refractivity contribution in [3.05, 3.63) is 23.9 Å². The maximum absolute atomic E-state index is 12.3. The summed E-state index contributed by atoms with van der Waals surface area (Å²) in [5.74, 6) is -3.39. The number of alkyl halides is 3. The second kappa shape index (κ2) is 2.04. The van der Waals surface area contributed by atoms with Gasteiger partial charge in [0.15, 0.2) is 6.17 Å². The predicted octanol–water partition coefficient (Wildman–Crippen LogP) is 1.37. The van der Waals surface area contributed by atoms with Gasteiger partial charge in [0.05, 0.1) is 0 Å². The van der Waals surface area contributed by atoms with Gasteiger partial charge in [-0.3, -0.25) is 0 Å². The van der Waals surface area contributed by atoms with Crippen LogP contribution in [0.2, 0.25) is 0 Å². The van der Waals surface area contributed by atoms with Crippen molar-refractivity contribution in [3.8, 4) is 0 Å². The van der Waals surface area contributed by atoms with Gasteiger partial charge in [0.2, 0.25) is 0 Å². The van der Waals surface area contributed by atoms with Crippen molar-refractivity contribution >= 4 is 0 Å². The average Bonchev–Trinajstić information content (AvgIpc) is 1.81. The largest absolute Gasteiger partial charge is 0.399 e. The fourth-order valence-corrected chi connectivity index (χ4v) is 0.635. The van der Waals surface area contributed by atoms with E-state index in [0.29, 0.717) is 12.2 Å². The normalized spacial score (nSPS) is 29.9. The maximum Gasteiger partial charge on any atom is 0.301 e. The Morgan fingerprint density at radius 1 is 1.50 bits per heavy atom. The Labute approximate surface area is 56.0 Å². The van der Waals surface area contributed by atoms with Gasteiger partial charge in [-0.25, -0.2) is 4.39 Å². The van der Waals surface area contributed by atoms with Crippen molar-refractivity contribution in [2.24, 2.45) is 5.73 Å². The quantitative estimate of drug-likeness (QED) is 0.553. The Hall–Kier alpha value is -0.930. The lowest BCUT2D eigenvalue weighted by Crippen LogP contribution is -2.29. The lowest BCUT2D eigenvalue weighted by molar-refractivity contribution is -0.00804. The van der Waals surface area contributed by atoms with Crippen LogP contribution in [-0.4, -0.2) is 12.1 Å². The second-order valence-corrected chi connectivity index (χ2v) is 2.08. The Morgan fingerprint density at radius 3 is 2.50 bits per heavy atom. The Morgan fingerprint density at radius 2 is 2.10 bits per heavy atom. The molecule has 1 aliphatic rings. The number of nitrogens with two attached hydrogens (primary N) is 1. The highest BCUT2D eigenvalue weighted by atomic mass is 19.3. The summed E-state index contributed by atoms with van der Waals surface area (Å²) in [6.07, 6.45) is -0.124. The summed E-state index contributed by atoms with van der Waals surface area (Å²) in [5.41, 5.74) is 5.09. The molecule has 0 spiro atoms. The van der Waals surface area contributed by atoms with Crippen LogP contribution in [0.15, 0.2) is 23.9 Å². The van der Waals surface area contributed by atoms with Gasteiger partial charge in [-0.1, -0.05) is 0 Å². The zero-order chi connectivity index (χ0) is 7.78. The average molecular weight is 149 g/mol. The molecule has 0 aromatic heterocycles. The summed E-state index contributed by atoms with van der Waals surface area (Å²) >= 11 is 0. The smallest absolute Gasteiger partial charge is 0.301 e. The van der Waals surface area contributed by atoms with Crippen LogP contribution in [0.4, 0.5) is 13.2 Å². The second-order valence-electron chi connectivity index (χ2n) is 2.08. The predicted molar refractivity (Wildman–Crippen MR) is 31.3 cm³/mol. The van der Waals surface area contributed by atoms with Crippen molar-refractivity contribution in [1.82, 2.24) is 0 Å². The standard InChI is InChI=1S/C6H6F3N/c7-5-3-4(10)1-2-6(5,8)9/h1-3,5H,10H2. The molecule has 1 unspecified atom stereocenters. The molecule has 0 aliphatic heterocycles. The van der Waals surface area contributed by atoms with E-state index in [4.69, 9.17) is 5.73 Å². The molecular formula is C6H6F3N. The molecule has 1 rings (SSSR count). The van der Waals surface area contributed by atoms with E-state index in [1.54, 1.807) is 0 Å². The molecule has 10 heavy (non-hydrogen) atoms. The summed E-state index contributed by atoms with van der Waals surface area (Å²) < 4.78 is 36.7. The van der Waals surface area contributed by atoms with Crippen LogP contribution in [0.25, 0.3) is 0 Å². The maximum atomic E-state index is 12.3. The first kappa shape index (κ1) is 7.18. The number of hydrogen-bond acceptors (Lipinski definition) is 1. The molecule has 2 N–H and O–H groups in total. The zero-order valence-electron chi connectivity index (χ0n) is 5.02. The van der Waals surface area contributed by atoms with Crippen LogP contribution in [-0.2, 0) is 0 Å². The molecule has 4 heteroatoms. The van der Waals surface area contributed by atoms with E-state index < -0.39 is 12.1 Å². The number of hydrogen-bond donors (Lipinski definition) is 1. The van der Waals surface area contributed by atoms with Crippen molar-refractivity contribution in [3.63, 3.8) is 0 Å². The minimum Gasteiger partial charge on any atom is -0.399 e. The monoisotopic (exact) mass is 149 g/mol. The SMILES string of the molecule is NC1=CC(F)C(F)(F)C=C1. The van der Waals surface area contributed by atoms with Gasteiger partial charge in [-0.05, 0) is 18.2 Å². The number of allylic oxidation sites excluding steroid dienone is 3. The van der Waals surface area contributed by atoms with E-state index in [9.17, 15) is 13.2 Å². The third-order valence-corrected chi connectivity index (χ3v) is 1.20. The lowest BCUT2D eigenvalue weighted by atomic mass is 10.1. The van der Waals surface area contributed by atoms with E-state index in [1.807, 2.05) is 0 Å². The Kier molecular flexibility index (Phi) is 1.46. The van der Waals surface area contributed by atoms with Gasteiger partial charge in [-0.15, -0.1) is 0 Å². The van der Waals surface area contributed by atoms with E-state index in [-0.39, 0.29) is 5.70 Å². The number of rotatable bonds is 0. The van der Waals surface area contributed by atoms with Crippen molar-refractivity contribution in [2.45, 2.75) is 12.1 Å². The van der Waals surface area contributed by atoms with Gasteiger partial charge >= 0.3 is 5.92 Å². The van der Waals surface area contributed by atoms with Gasteiger partial charge < -0.3 is 5.73 Å². The van der Waals surface area contributed by atoms with Crippen LogP contribution < -0.4 is 5.73 Å². The van der Waals surface area contributed by atoms with Crippen molar-refractivity contribution in [1.29, 1.82) is 0 Å². The molecule has 1 nitrogen and oxygen atoms in total. The minimum atomic E-state index is -3.39. The van der Waals surface area contributed by atoms with Crippen LogP contribution in [0, 0.1) is 0 Å².